The van der Waals surface area contributed by atoms with Gasteiger partial charge < -0.3 is 10.1 Å². The van der Waals surface area contributed by atoms with E-state index in [0.717, 1.165) is 25.7 Å². The topological polar surface area (TPSA) is 76.1 Å². The summed E-state index contributed by atoms with van der Waals surface area (Å²) in [6.45, 7) is 0.316. The minimum Gasteiger partial charge on any atom is -0.377 e. The van der Waals surface area contributed by atoms with Gasteiger partial charge in [0.05, 0.1) is 0 Å². The van der Waals surface area contributed by atoms with Crippen LogP contribution in [0.2, 0.25) is 0 Å². The average molecular weight is 326 g/mol. The number of benzene rings is 1. The van der Waals surface area contributed by atoms with Crippen molar-refractivity contribution >= 4 is 11.8 Å². The molecule has 0 aliphatic heterocycles. The molecular weight excluding hydrogens is 304 g/mol. The van der Waals surface area contributed by atoms with E-state index in [9.17, 15) is 4.79 Å². The molecular formula is C18H22N4O2. The summed E-state index contributed by atoms with van der Waals surface area (Å²) in [6.07, 6.45) is 5.59. The largest absolute Gasteiger partial charge is 0.377 e. The van der Waals surface area contributed by atoms with Gasteiger partial charge in [-0.05, 0) is 42.9 Å². The van der Waals surface area contributed by atoms with Gasteiger partial charge in [0.2, 0.25) is 0 Å². The van der Waals surface area contributed by atoms with Gasteiger partial charge in [-0.3, -0.25) is 5.32 Å². The molecule has 24 heavy (non-hydrogen) atoms. The molecule has 2 aromatic rings. The van der Waals surface area contributed by atoms with E-state index < -0.39 is 0 Å². The van der Waals surface area contributed by atoms with Crippen LogP contribution in [0.5, 0.6) is 0 Å². The lowest BCUT2D eigenvalue weighted by molar-refractivity contribution is 0.178. The van der Waals surface area contributed by atoms with E-state index in [-0.39, 0.29) is 12.1 Å². The number of aromatic nitrogens is 2. The number of carbonyl (C=O) groups is 1. The van der Waals surface area contributed by atoms with E-state index in [1.165, 1.54) is 11.1 Å². The molecule has 0 bridgehead atoms. The van der Waals surface area contributed by atoms with Crippen molar-refractivity contribution in [1.82, 2.24) is 15.3 Å². The Hall–Kier alpha value is -2.47. The van der Waals surface area contributed by atoms with Gasteiger partial charge in [0, 0.05) is 19.3 Å². The van der Waals surface area contributed by atoms with Crippen LogP contribution >= 0.6 is 0 Å². The van der Waals surface area contributed by atoms with Crippen LogP contribution in [0.15, 0.2) is 36.5 Å². The van der Waals surface area contributed by atoms with Gasteiger partial charge in [-0.15, -0.1) is 0 Å². The molecule has 1 heterocycles. The van der Waals surface area contributed by atoms with Crippen LogP contribution in [0, 0.1) is 0 Å². The highest BCUT2D eigenvalue weighted by molar-refractivity contribution is 5.88. The van der Waals surface area contributed by atoms with Crippen LogP contribution in [-0.2, 0) is 24.2 Å². The quantitative estimate of drug-likeness (QED) is 0.847. The number of hydrogen-bond acceptors (Lipinski definition) is 4. The van der Waals surface area contributed by atoms with Crippen molar-refractivity contribution in [1.29, 1.82) is 0 Å². The van der Waals surface area contributed by atoms with Crippen molar-refractivity contribution in [3.8, 4) is 0 Å². The number of nitrogens with zero attached hydrogens (tertiary/aromatic N) is 2. The minimum absolute atomic E-state index is 0.133. The number of hydrogen-bond donors (Lipinski definition) is 2. The zero-order valence-electron chi connectivity index (χ0n) is 13.8. The SMILES string of the molecule is COCc1nccc(NC(=O)N[C@H]2CCCc3ccccc3C2)n1. The second-order valence-corrected chi connectivity index (χ2v) is 5.95. The summed E-state index contributed by atoms with van der Waals surface area (Å²) in [5, 5.41) is 5.83. The summed E-state index contributed by atoms with van der Waals surface area (Å²) in [6, 6.07) is 10.0. The first-order valence-electron chi connectivity index (χ1n) is 8.20. The Morgan fingerprint density at radius 3 is 2.96 bits per heavy atom. The molecule has 126 valence electrons. The molecule has 1 aliphatic rings. The number of amides is 2. The third-order valence-corrected chi connectivity index (χ3v) is 4.14. The molecule has 1 aromatic heterocycles. The maximum absolute atomic E-state index is 12.3. The Kier molecular flexibility index (Phi) is 5.38. The van der Waals surface area contributed by atoms with E-state index in [2.05, 4.69) is 44.9 Å². The number of nitrogens with one attached hydrogen (secondary N) is 2. The Morgan fingerprint density at radius 1 is 1.29 bits per heavy atom. The second-order valence-electron chi connectivity index (χ2n) is 5.95. The van der Waals surface area contributed by atoms with Crippen molar-refractivity contribution in [3.05, 3.63) is 53.5 Å². The Bertz CT molecular complexity index is 705. The van der Waals surface area contributed by atoms with Crippen LogP contribution in [0.4, 0.5) is 10.6 Å². The molecule has 1 aliphatic carbocycles. The van der Waals surface area contributed by atoms with Crippen molar-refractivity contribution in [3.63, 3.8) is 0 Å². The first kappa shape index (κ1) is 16.4. The van der Waals surface area contributed by atoms with E-state index in [1.54, 1.807) is 19.4 Å². The number of carbonyl (C=O) groups excluding carboxylic acids is 1. The standard InChI is InChI=1S/C18H22N4O2/c1-24-12-17-19-10-9-16(21-17)22-18(23)20-15-8-4-7-13-5-2-3-6-14(13)11-15/h2-3,5-6,9-10,15H,4,7-8,11-12H2,1H3,(H2,19,20,21,22,23)/t15-/m0/s1. The van der Waals surface area contributed by atoms with Crippen molar-refractivity contribution < 1.29 is 9.53 Å². The lowest BCUT2D eigenvalue weighted by atomic mass is 10.0. The summed E-state index contributed by atoms with van der Waals surface area (Å²) in [4.78, 5) is 20.6. The van der Waals surface area contributed by atoms with E-state index in [1.807, 2.05) is 0 Å². The van der Waals surface area contributed by atoms with Crippen LogP contribution in [0.1, 0.15) is 29.8 Å². The molecule has 0 spiro atoms. The molecule has 0 saturated heterocycles. The first-order valence-corrected chi connectivity index (χ1v) is 8.20. The molecule has 0 saturated carbocycles. The summed E-state index contributed by atoms with van der Waals surface area (Å²) in [7, 11) is 1.58. The highest BCUT2D eigenvalue weighted by Crippen LogP contribution is 2.20. The molecule has 2 N–H and O–H groups in total. The lowest BCUT2D eigenvalue weighted by Gasteiger charge is -2.17. The van der Waals surface area contributed by atoms with Crippen molar-refractivity contribution in [2.75, 3.05) is 12.4 Å². The molecule has 2 amide bonds. The molecule has 6 heteroatoms. The monoisotopic (exact) mass is 326 g/mol. The Morgan fingerprint density at radius 2 is 2.12 bits per heavy atom. The third-order valence-electron chi connectivity index (χ3n) is 4.14. The zero-order valence-corrected chi connectivity index (χ0v) is 13.8. The molecule has 1 aromatic carbocycles. The third kappa shape index (κ3) is 4.29. The fourth-order valence-corrected chi connectivity index (χ4v) is 3.04. The maximum atomic E-state index is 12.3. The fourth-order valence-electron chi connectivity index (χ4n) is 3.04. The number of ether oxygens (including phenoxy) is 1. The Labute approximate surface area is 141 Å². The normalized spacial score (nSPS) is 16.8. The summed E-state index contributed by atoms with van der Waals surface area (Å²) in [5.41, 5.74) is 2.71. The lowest BCUT2D eigenvalue weighted by Crippen LogP contribution is -2.39. The summed E-state index contributed by atoms with van der Waals surface area (Å²) in [5.74, 6) is 1.02. The van der Waals surface area contributed by atoms with Crippen LogP contribution < -0.4 is 10.6 Å². The van der Waals surface area contributed by atoms with Crippen LogP contribution in [0.25, 0.3) is 0 Å². The predicted molar refractivity (Wildman–Crippen MR) is 91.8 cm³/mol. The molecule has 1 atom stereocenters. The first-order chi connectivity index (χ1) is 11.7. The maximum Gasteiger partial charge on any atom is 0.320 e. The van der Waals surface area contributed by atoms with Gasteiger partial charge in [0.25, 0.3) is 0 Å². The molecule has 3 rings (SSSR count). The number of anilines is 1. The minimum atomic E-state index is -0.235. The second kappa shape index (κ2) is 7.88. The van der Waals surface area contributed by atoms with Crippen molar-refractivity contribution in [2.24, 2.45) is 0 Å². The molecule has 0 radical (unpaired) electrons. The van der Waals surface area contributed by atoms with Crippen LogP contribution in [-0.4, -0.2) is 29.2 Å². The smallest absolute Gasteiger partial charge is 0.320 e. The van der Waals surface area contributed by atoms with Gasteiger partial charge in [-0.25, -0.2) is 14.8 Å². The van der Waals surface area contributed by atoms with Crippen LogP contribution in [0.3, 0.4) is 0 Å². The average Bonchev–Trinajstić information content (AvgIpc) is 2.77. The highest BCUT2D eigenvalue weighted by Gasteiger charge is 2.18. The van der Waals surface area contributed by atoms with Gasteiger partial charge in [0.1, 0.15) is 12.4 Å². The fraction of sp³-hybridized carbons (Fsp3) is 0.389. The van der Waals surface area contributed by atoms with Gasteiger partial charge in [-0.2, -0.15) is 0 Å². The van der Waals surface area contributed by atoms with Gasteiger partial charge in [-0.1, -0.05) is 24.3 Å². The van der Waals surface area contributed by atoms with E-state index in [4.69, 9.17) is 4.74 Å². The Balaban J connectivity index is 1.60. The molecule has 0 fully saturated rings. The number of urea groups is 1. The van der Waals surface area contributed by atoms with E-state index in [0.29, 0.717) is 18.2 Å². The summed E-state index contributed by atoms with van der Waals surface area (Å²) < 4.78 is 5.00. The molecule has 0 unspecified atom stereocenters. The number of rotatable bonds is 4. The highest BCUT2D eigenvalue weighted by atomic mass is 16.5. The number of aryl methyl sites for hydroxylation is 1. The predicted octanol–water partition coefficient (Wildman–Crippen LogP) is 2.69. The molecule has 6 nitrogen and oxygen atoms in total. The van der Waals surface area contributed by atoms with Gasteiger partial charge >= 0.3 is 6.03 Å². The van der Waals surface area contributed by atoms with E-state index >= 15 is 0 Å². The van der Waals surface area contributed by atoms with Crippen molar-refractivity contribution in [2.45, 2.75) is 38.3 Å². The number of fused-ring (bicyclic) bond motifs is 1. The van der Waals surface area contributed by atoms with Gasteiger partial charge in [0.15, 0.2) is 5.82 Å². The number of methoxy groups -OCH3 is 1. The summed E-state index contributed by atoms with van der Waals surface area (Å²) >= 11 is 0. The zero-order chi connectivity index (χ0) is 16.8.